The zero-order valence-electron chi connectivity index (χ0n) is 7.30. The third-order valence-electron chi connectivity index (χ3n) is 1.89. The van der Waals surface area contributed by atoms with Gasteiger partial charge in [-0.15, -0.1) is 0 Å². The molecule has 0 spiro atoms. The molecule has 0 fully saturated rings. The highest BCUT2D eigenvalue weighted by Gasteiger charge is 1.96. The van der Waals surface area contributed by atoms with Crippen molar-refractivity contribution in [1.29, 1.82) is 0 Å². The van der Waals surface area contributed by atoms with Gasteiger partial charge in [0.15, 0.2) is 0 Å². The van der Waals surface area contributed by atoms with Crippen molar-refractivity contribution in [3.63, 3.8) is 0 Å². The second-order valence-corrected chi connectivity index (χ2v) is 2.85. The topological polar surface area (TPSA) is 17.8 Å². The first-order valence-electron chi connectivity index (χ1n) is 4.23. The highest BCUT2D eigenvalue weighted by molar-refractivity contribution is 4.98. The van der Waals surface area contributed by atoms with E-state index in [0.29, 0.717) is 0 Å². The Bertz CT molecular complexity index is 203. The van der Waals surface area contributed by atoms with Gasteiger partial charge < -0.3 is 0 Å². The summed E-state index contributed by atoms with van der Waals surface area (Å²) in [6.07, 6.45) is 7.84. The maximum atomic E-state index is 3.99. The first-order valence-corrected chi connectivity index (χ1v) is 4.23. The zero-order chi connectivity index (χ0) is 8.10. The molecule has 1 rings (SSSR count). The van der Waals surface area contributed by atoms with Crippen LogP contribution in [-0.4, -0.2) is 9.78 Å². The van der Waals surface area contributed by atoms with Gasteiger partial charge in [-0.25, -0.2) is 0 Å². The van der Waals surface area contributed by atoms with Crippen LogP contribution in [0.1, 0.15) is 31.9 Å². The largest absolute Gasteiger partial charge is 0.272 e. The maximum Gasteiger partial charge on any atom is 0.113 e. The summed E-state index contributed by atoms with van der Waals surface area (Å²) in [5.41, 5.74) is 1.29. The molecule has 0 saturated heterocycles. The molecule has 0 aliphatic carbocycles. The van der Waals surface area contributed by atoms with E-state index in [1.807, 2.05) is 17.8 Å². The summed E-state index contributed by atoms with van der Waals surface area (Å²) in [4.78, 5) is 0. The Labute approximate surface area is 68.2 Å². The minimum absolute atomic E-state index is 1.14. The van der Waals surface area contributed by atoms with Gasteiger partial charge in [-0.1, -0.05) is 19.8 Å². The fourth-order valence-corrected chi connectivity index (χ4v) is 1.14. The van der Waals surface area contributed by atoms with E-state index in [9.17, 15) is 0 Å². The summed E-state index contributed by atoms with van der Waals surface area (Å²) < 4.78 is 1.90. The van der Waals surface area contributed by atoms with Gasteiger partial charge in [0.05, 0.1) is 0 Å². The third-order valence-corrected chi connectivity index (χ3v) is 1.89. The number of hydrogen-bond donors (Lipinski definition) is 0. The van der Waals surface area contributed by atoms with Gasteiger partial charge in [-0.2, -0.15) is 5.10 Å². The molecule has 0 N–H and O–H groups in total. The molecule has 0 aliphatic rings. The van der Waals surface area contributed by atoms with Crippen molar-refractivity contribution >= 4 is 0 Å². The quantitative estimate of drug-likeness (QED) is 0.601. The smallest absolute Gasteiger partial charge is 0.113 e. The molecule has 1 heterocycles. The summed E-state index contributed by atoms with van der Waals surface area (Å²) in [7, 11) is 1.97. The standard InChI is InChI=1S/C9H15N2/c1-3-4-5-6-9-7-8-10-11(9)2/h7H,3-6H2,1-2H3. The molecule has 11 heavy (non-hydrogen) atoms. The molecular weight excluding hydrogens is 136 g/mol. The predicted molar refractivity (Wildman–Crippen MR) is 45.3 cm³/mol. The summed E-state index contributed by atoms with van der Waals surface area (Å²) in [6, 6.07) is 1.97. The van der Waals surface area contributed by atoms with Crippen molar-refractivity contribution in [3.05, 3.63) is 18.0 Å². The fourth-order valence-electron chi connectivity index (χ4n) is 1.14. The maximum absolute atomic E-state index is 3.99. The van der Waals surface area contributed by atoms with Crippen molar-refractivity contribution in [2.45, 2.75) is 32.6 Å². The van der Waals surface area contributed by atoms with E-state index in [1.54, 1.807) is 0 Å². The Hall–Kier alpha value is -0.790. The van der Waals surface area contributed by atoms with Gasteiger partial charge >= 0.3 is 0 Å². The molecule has 0 atom stereocenters. The number of unbranched alkanes of at least 4 members (excludes halogenated alkanes) is 2. The first-order chi connectivity index (χ1) is 5.34. The minimum Gasteiger partial charge on any atom is -0.272 e. The molecule has 1 aromatic heterocycles. The van der Waals surface area contributed by atoms with Crippen LogP contribution in [0.2, 0.25) is 0 Å². The Kier molecular flexibility index (Phi) is 3.14. The average Bonchev–Trinajstić information content (AvgIpc) is 2.37. The molecule has 0 unspecified atom stereocenters. The fraction of sp³-hybridized carbons (Fsp3) is 0.667. The van der Waals surface area contributed by atoms with E-state index < -0.39 is 0 Å². The summed E-state index contributed by atoms with van der Waals surface area (Å²) in [6.45, 7) is 2.22. The van der Waals surface area contributed by atoms with Crippen LogP contribution in [0.3, 0.4) is 0 Å². The molecule has 1 radical (unpaired) electrons. The number of aromatic nitrogens is 2. The van der Waals surface area contributed by atoms with Crippen LogP contribution in [0.15, 0.2) is 6.07 Å². The van der Waals surface area contributed by atoms with E-state index in [0.717, 1.165) is 6.42 Å². The van der Waals surface area contributed by atoms with Crippen molar-refractivity contribution in [3.8, 4) is 0 Å². The monoisotopic (exact) mass is 151 g/mol. The van der Waals surface area contributed by atoms with Crippen LogP contribution in [0, 0.1) is 6.20 Å². The van der Waals surface area contributed by atoms with Crippen molar-refractivity contribution in [2.24, 2.45) is 7.05 Å². The molecule has 2 heteroatoms. The van der Waals surface area contributed by atoms with Crippen molar-refractivity contribution in [2.75, 3.05) is 0 Å². The SMILES string of the molecule is CCCCCc1c[c]nn1C. The van der Waals surface area contributed by atoms with Crippen LogP contribution in [0.4, 0.5) is 0 Å². The predicted octanol–water partition coefficient (Wildman–Crippen LogP) is 1.95. The lowest BCUT2D eigenvalue weighted by Gasteiger charge is -1.99. The second kappa shape index (κ2) is 4.16. The molecule has 0 saturated carbocycles. The Morgan fingerprint density at radius 2 is 2.36 bits per heavy atom. The number of aryl methyl sites for hydroxylation is 2. The van der Waals surface area contributed by atoms with Crippen LogP contribution in [0.25, 0.3) is 0 Å². The Morgan fingerprint density at radius 1 is 1.55 bits per heavy atom. The van der Waals surface area contributed by atoms with E-state index in [1.165, 1.54) is 25.0 Å². The van der Waals surface area contributed by atoms with E-state index in [2.05, 4.69) is 18.2 Å². The van der Waals surface area contributed by atoms with E-state index in [-0.39, 0.29) is 0 Å². The van der Waals surface area contributed by atoms with Crippen LogP contribution in [-0.2, 0) is 13.5 Å². The summed E-state index contributed by atoms with van der Waals surface area (Å²) >= 11 is 0. The molecular formula is C9H15N2. The van der Waals surface area contributed by atoms with Gasteiger partial charge in [0.25, 0.3) is 0 Å². The number of hydrogen-bond acceptors (Lipinski definition) is 1. The highest BCUT2D eigenvalue weighted by atomic mass is 15.2. The molecule has 61 valence electrons. The number of nitrogens with zero attached hydrogens (tertiary/aromatic N) is 2. The normalized spacial score (nSPS) is 10.4. The van der Waals surface area contributed by atoms with Crippen LogP contribution < -0.4 is 0 Å². The Morgan fingerprint density at radius 3 is 2.91 bits per heavy atom. The van der Waals surface area contributed by atoms with Crippen LogP contribution >= 0.6 is 0 Å². The lowest BCUT2D eigenvalue weighted by molar-refractivity contribution is 0.653. The number of rotatable bonds is 4. The average molecular weight is 151 g/mol. The molecule has 0 aliphatic heterocycles. The Balaban J connectivity index is 2.32. The molecule has 2 nitrogen and oxygen atoms in total. The van der Waals surface area contributed by atoms with Crippen LogP contribution in [0.5, 0.6) is 0 Å². The first kappa shape index (κ1) is 8.31. The second-order valence-electron chi connectivity index (χ2n) is 2.85. The van der Waals surface area contributed by atoms with Gasteiger partial charge in [-0.3, -0.25) is 4.68 Å². The summed E-state index contributed by atoms with van der Waals surface area (Å²) in [5.74, 6) is 0. The minimum atomic E-state index is 1.14. The third kappa shape index (κ3) is 2.37. The molecule has 0 bridgehead atoms. The molecule has 1 aromatic rings. The van der Waals surface area contributed by atoms with Gasteiger partial charge in [0.2, 0.25) is 0 Å². The van der Waals surface area contributed by atoms with E-state index in [4.69, 9.17) is 0 Å². The molecule has 0 amide bonds. The summed E-state index contributed by atoms with van der Waals surface area (Å²) in [5, 5.41) is 3.99. The zero-order valence-corrected chi connectivity index (χ0v) is 7.30. The highest BCUT2D eigenvalue weighted by Crippen LogP contribution is 2.03. The van der Waals surface area contributed by atoms with Gasteiger partial charge in [-0.05, 0) is 18.9 Å². The molecule has 0 aromatic carbocycles. The van der Waals surface area contributed by atoms with Gasteiger partial charge in [0, 0.05) is 12.7 Å². The van der Waals surface area contributed by atoms with Gasteiger partial charge in [0.1, 0.15) is 6.20 Å². The van der Waals surface area contributed by atoms with E-state index >= 15 is 0 Å². The lowest BCUT2D eigenvalue weighted by Crippen LogP contribution is -1.97. The lowest BCUT2D eigenvalue weighted by atomic mass is 10.1. The van der Waals surface area contributed by atoms with Crippen molar-refractivity contribution < 1.29 is 0 Å². The van der Waals surface area contributed by atoms with Crippen molar-refractivity contribution in [1.82, 2.24) is 9.78 Å².